The van der Waals surface area contributed by atoms with Gasteiger partial charge in [-0.1, -0.05) is 25.5 Å². The molecule has 1 atom stereocenters. The molecular weight excluding hydrogens is 338 g/mol. The summed E-state index contributed by atoms with van der Waals surface area (Å²) >= 11 is 0. The fraction of sp³-hybridized carbons (Fsp3) is 0.579. The molecule has 0 spiro atoms. The van der Waals surface area contributed by atoms with Gasteiger partial charge in [-0.2, -0.15) is 0 Å². The quantitative estimate of drug-likeness (QED) is 0.563. The zero-order chi connectivity index (χ0) is 18.8. The predicted molar refractivity (Wildman–Crippen MR) is 95.1 cm³/mol. The zero-order valence-electron chi connectivity index (χ0n) is 15.4. The smallest absolute Gasteiger partial charge is 0.408 e. The Morgan fingerprint density at radius 3 is 2.77 bits per heavy atom. The van der Waals surface area contributed by atoms with Crippen LogP contribution in [0.3, 0.4) is 0 Å². The molecule has 1 heterocycles. The highest BCUT2D eigenvalue weighted by molar-refractivity contribution is 5.82. The van der Waals surface area contributed by atoms with Gasteiger partial charge >= 0.3 is 12.1 Å². The number of benzene rings is 1. The van der Waals surface area contributed by atoms with Crippen LogP contribution in [0.2, 0.25) is 0 Å². The van der Waals surface area contributed by atoms with Gasteiger partial charge in [-0.3, -0.25) is 0 Å². The van der Waals surface area contributed by atoms with Gasteiger partial charge in [-0.05, 0) is 24.1 Å². The van der Waals surface area contributed by atoms with Crippen molar-refractivity contribution in [2.24, 2.45) is 0 Å². The highest BCUT2D eigenvalue weighted by Crippen LogP contribution is 2.23. The summed E-state index contributed by atoms with van der Waals surface area (Å²) in [4.78, 5) is 24.1. The Morgan fingerprint density at radius 1 is 1.31 bits per heavy atom. The molecule has 1 aromatic rings. The molecule has 0 aliphatic carbocycles. The molecule has 2 rings (SSSR count). The maximum absolute atomic E-state index is 12.1. The third-order valence-electron chi connectivity index (χ3n) is 4.09. The van der Waals surface area contributed by atoms with E-state index in [0.717, 1.165) is 25.7 Å². The number of alkyl carbamates (subject to hydrolysis) is 1. The monoisotopic (exact) mass is 365 g/mol. The lowest BCUT2D eigenvalue weighted by molar-refractivity contribution is -0.143. The van der Waals surface area contributed by atoms with Crippen LogP contribution in [0.15, 0.2) is 24.3 Å². The zero-order valence-corrected chi connectivity index (χ0v) is 15.4. The topological polar surface area (TPSA) is 83.1 Å². The van der Waals surface area contributed by atoms with Gasteiger partial charge in [0, 0.05) is 12.8 Å². The Bertz CT molecular complexity index is 585. The summed E-state index contributed by atoms with van der Waals surface area (Å²) in [7, 11) is 1.28. The van der Waals surface area contributed by atoms with Gasteiger partial charge in [0.15, 0.2) is 6.04 Å². The Balaban J connectivity index is 2.05. The van der Waals surface area contributed by atoms with Crippen LogP contribution in [0.25, 0.3) is 0 Å². The molecule has 0 radical (unpaired) electrons. The molecule has 26 heavy (non-hydrogen) atoms. The van der Waals surface area contributed by atoms with E-state index < -0.39 is 18.1 Å². The van der Waals surface area contributed by atoms with Crippen molar-refractivity contribution in [3.63, 3.8) is 0 Å². The SMILES string of the molecule is CCCCOC(=O)NC(C(=O)OC)c1cccc(OC2CCOCC2)c1. The van der Waals surface area contributed by atoms with Gasteiger partial charge < -0.3 is 24.3 Å². The number of carbonyl (C=O) groups excluding carboxylic acids is 2. The molecule has 1 aliphatic heterocycles. The lowest BCUT2D eigenvalue weighted by Gasteiger charge is -2.24. The van der Waals surface area contributed by atoms with Gasteiger partial charge in [0.05, 0.1) is 26.9 Å². The number of amides is 1. The van der Waals surface area contributed by atoms with Crippen molar-refractivity contribution in [1.29, 1.82) is 0 Å². The number of methoxy groups -OCH3 is 1. The minimum absolute atomic E-state index is 0.0857. The van der Waals surface area contributed by atoms with Crippen molar-refractivity contribution in [2.75, 3.05) is 26.9 Å². The van der Waals surface area contributed by atoms with E-state index in [9.17, 15) is 9.59 Å². The summed E-state index contributed by atoms with van der Waals surface area (Å²) in [6.45, 7) is 3.67. The van der Waals surface area contributed by atoms with Crippen LogP contribution in [0.5, 0.6) is 5.75 Å². The van der Waals surface area contributed by atoms with Crippen LogP contribution in [0, 0.1) is 0 Å². The van der Waals surface area contributed by atoms with Gasteiger partial charge in [-0.15, -0.1) is 0 Å². The Hall–Kier alpha value is -2.28. The number of hydrogen-bond acceptors (Lipinski definition) is 6. The third kappa shape index (κ3) is 6.22. The molecule has 1 aromatic carbocycles. The minimum Gasteiger partial charge on any atom is -0.490 e. The molecule has 1 saturated heterocycles. The van der Waals surface area contributed by atoms with Crippen LogP contribution >= 0.6 is 0 Å². The second-order valence-electron chi connectivity index (χ2n) is 6.09. The lowest BCUT2D eigenvalue weighted by atomic mass is 10.1. The van der Waals surface area contributed by atoms with Gasteiger partial charge in [-0.25, -0.2) is 9.59 Å². The summed E-state index contributed by atoms with van der Waals surface area (Å²) in [6.07, 6.45) is 2.77. The van der Waals surface area contributed by atoms with Crippen molar-refractivity contribution >= 4 is 12.1 Å². The number of hydrogen-bond donors (Lipinski definition) is 1. The summed E-state index contributed by atoms with van der Waals surface area (Å²) < 4.78 is 21.2. The molecule has 0 aromatic heterocycles. The summed E-state index contributed by atoms with van der Waals surface area (Å²) in [5.74, 6) is 0.0742. The van der Waals surface area contributed by atoms with E-state index in [2.05, 4.69) is 5.32 Å². The van der Waals surface area contributed by atoms with Crippen LogP contribution in [0.4, 0.5) is 4.79 Å². The second-order valence-corrected chi connectivity index (χ2v) is 6.09. The first-order chi connectivity index (χ1) is 12.6. The molecule has 1 fully saturated rings. The van der Waals surface area contributed by atoms with Crippen molar-refractivity contribution in [3.8, 4) is 5.75 Å². The van der Waals surface area contributed by atoms with E-state index in [-0.39, 0.29) is 6.10 Å². The largest absolute Gasteiger partial charge is 0.490 e. The highest BCUT2D eigenvalue weighted by Gasteiger charge is 2.25. The molecule has 0 bridgehead atoms. The molecular formula is C19H27NO6. The first kappa shape index (κ1) is 20.0. The number of carbonyl (C=O) groups is 2. The Morgan fingerprint density at radius 2 is 2.08 bits per heavy atom. The van der Waals surface area contributed by atoms with Gasteiger partial charge in [0.1, 0.15) is 11.9 Å². The van der Waals surface area contributed by atoms with Gasteiger partial charge in [0.25, 0.3) is 0 Å². The fourth-order valence-electron chi connectivity index (χ4n) is 2.62. The van der Waals surface area contributed by atoms with Gasteiger partial charge in [0.2, 0.25) is 0 Å². The van der Waals surface area contributed by atoms with Crippen LogP contribution < -0.4 is 10.1 Å². The van der Waals surface area contributed by atoms with Crippen LogP contribution in [0.1, 0.15) is 44.2 Å². The molecule has 1 amide bonds. The normalized spacial score (nSPS) is 15.8. The molecule has 0 saturated carbocycles. The maximum Gasteiger partial charge on any atom is 0.408 e. The summed E-state index contributed by atoms with van der Waals surface area (Å²) in [5, 5.41) is 2.56. The van der Waals surface area contributed by atoms with E-state index in [4.69, 9.17) is 18.9 Å². The van der Waals surface area contributed by atoms with E-state index in [1.165, 1.54) is 7.11 Å². The maximum atomic E-state index is 12.1. The van der Waals surface area contributed by atoms with E-state index >= 15 is 0 Å². The van der Waals surface area contributed by atoms with Crippen LogP contribution in [-0.2, 0) is 19.0 Å². The van der Waals surface area contributed by atoms with E-state index in [1.54, 1.807) is 18.2 Å². The first-order valence-corrected chi connectivity index (χ1v) is 8.99. The summed E-state index contributed by atoms with van der Waals surface area (Å²) in [6, 6.07) is 6.14. The van der Waals surface area contributed by atoms with E-state index in [1.807, 2.05) is 13.0 Å². The molecule has 1 unspecified atom stereocenters. The molecule has 7 heteroatoms. The fourth-order valence-corrected chi connectivity index (χ4v) is 2.62. The predicted octanol–water partition coefficient (Wildman–Crippen LogP) is 2.98. The lowest BCUT2D eigenvalue weighted by Crippen LogP contribution is -2.35. The Labute approximate surface area is 153 Å². The molecule has 1 aliphatic rings. The van der Waals surface area contributed by atoms with E-state index in [0.29, 0.717) is 31.1 Å². The molecule has 144 valence electrons. The Kier molecular flexibility index (Phi) is 8.21. The van der Waals surface area contributed by atoms with Crippen molar-refractivity contribution in [1.82, 2.24) is 5.32 Å². The highest BCUT2D eigenvalue weighted by atomic mass is 16.6. The second kappa shape index (κ2) is 10.7. The minimum atomic E-state index is -0.952. The molecule has 7 nitrogen and oxygen atoms in total. The number of esters is 1. The third-order valence-corrected chi connectivity index (χ3v) is 4.09. The average molecular weight is 365 g/mol. The van der Waals surface area contributed by atoms with Crippen molar-refractivity contribution in [3.05, 3.63) is 29.8 Å². The number of unbranched alkanes of at least 4 members (excludes halogenated alkanes) is 1. The number of ether oxygens (including phenoxy) is 4. The molecule has 1 N–H and O–H groups in total. The number of rotatable bonds is 8. The number of nitrogens with one attached hydrogen (secondary N) is 1. The summed E-state index contributed by atoms with van der Waals surface area (Å²) in [5.41, 5.74) is 0.578. The van der Waals surface area contributed by atoms with Crippen molar-refractivity contribution in [2.45, 2.75) is 44.8 Å². The average Bonchev–Trinajstić information content (AvgIpc) is 2.67. The first-order valence-electron chi connectivity index (χ1n) is 8.99. The standard InChI is InChI=1S/C19H27NO6/c1-3-4-10-25-19(22)20-17(18(21)23-2)14-6-5-7-16(13-14)26-15-8-11-24-12-9-15/h5-7,13,15,17H,3-4,8-12H2,1-2H3,(H,20,22). The van der Waals surface area contributed by atoms with Crippen LogP contribution in [-0.4, -0.2) is 45.1 Å². The van der Waals surface area contributed by atoms with Crippen molar-refractivity contribution < 1.29 is 28.5 Å².